The van der Waals surface area contributed by atoms with Gasteiger partial charge in [-0.1, -0.05) is 23.7 Å². The Morgan fingerprint density at radius 3 is 2.55 bits per heavy atom. The summed E-state index contributed by atoms with van der Waals surface area (Å²) >= 11 is 7.37. The number of hydrogen-bond donors (Lipinski definition) is 1. The number of carbonyl (C=O) groups is 1. The van der Waals surface area contributed by atoms with Crippen LogP contribution in [-0.4, -0.2) is 20.9 Å². The van der Waals surface area contributed by atoms with E-state index in [1.54, 1.807) is 12.1 Å². The molecule has 0 aliphatic rings. The smallest absolute Gasteiger partial charge is 0.279 e. The maximum absolute atomic E-state index is 12.2. The van der Waals surface area contributed by atoms with E-state index in [1.165, 1.54) is 11.3 Å². The average molecular weight is 305 g/mol. The van der Waals surface area contributed by atoms with Gasteiger partial charge in [-0.05, 0) is 19.1 Å². The first-order chi connectivity index (χ1) is 9.63. The van der Waals surface area contributed by atoms with E-state index < -0.39 is 5.91 Å². The molecule has 0 bridgehead atoms. The van der Waals surface area contributed by atoms with Gasteiger partial charge in [-0.2, -0.15) is 0 Å². The van der Waals surface area contributed by atoms with Crippen LogP contribution in [0.15, 0.2) is 29.6 Å². The molecule has 0 aliphatic carbocycles. The number of halogens is 1. The number of rotatable bonds is 2. The Hall–Kier alpha value is -2.05. The first kappa shape index (κ1) is 13.0. The van der Waals surface area contributed by atoms with Crippen molar-refractivity contribution >= 4 is 45.0 Å². The van der Waals surface area contributed by atoms with Crippen molar-refractivity contribution in [1.29, 1.82) is 0 Å². The Bertz CT molecular complexity index is 802. The molecule has 0 saturated carbocycles. The maximum atomic E-state index is 12.2. The highest BCUT2D eigenvalue weighted by Crippen LogP contribution is 2.20. The number of nitrogens with one attached hydrogen (secondary N) is 1. The fourth-order valence-electron chi connectivity index (χ4n) is 1.69. The second kappa shape index (κ2) is 5.15. The van der Waals surface area contributed by atoms with E-state index in [4.69, 9.17) is 11.6 Å². The molecule has 1 N–H and O–H groups in total. The van der Waals surface area contributed by atoms with Gasteiger partial charge in [-0.25, -0.2) is 15.0 Å². The zero-order valence-corrected chi connectivity index (χ0v) is 12.0. The lowest BCUT2D eigenvalue weighted by atomic mass is 10.3. The molecule has 0 atom stereocenters. The van der Waals surface area contributed by atoms with Gasteiger partial charge >= 0.3 is 0 Å². The van der Waals surface area contributed by atoms with Crippen molar-refractivity contribution in [2.24, 2.45) is 0 Å². The van der Waals surface area contributed by atoms with Crippen LogP contribution in [-0.2, 0) is 0 Å². The van der Waals surface area contributed by atoms with E-state index in [2.05, 4.69) is 20.3 Å². The Morgan fingerprint density at radius 2 is 1.90 bits per heavy atom. The van der Waals surface area contributed by atoms with Crippen molar-refractivity contribution in [2.75, 3.05) is 5.32 Å². The summed E-state index contributed by atoms with van der Waals surface area (Å²) in [6, 6.07) is 7.24. The average Bonchev–Trinajstić information content (AvgIpc) is 2.83. The quantitative estimate of drug-likeness (QED) is 0.788. The molecular formula is C13H9ClN4OS. The molecule has 0 radical (unpaired) electrons. The third-order valence-electron chi connectivity index (χ3n) is 2.58. The van der Waals surface area contributed by atoms with Crippen molar-refractivity contribution in [3.05, 3.63) is 46.2 Å². The topological polar surface area (TPSA) is 67.8 Å². The summed E-state index contributed by atoms with van der Waals surface area (Å²) in [7, 11) is 0. The number of anilines is 1. The SMILES string of the molecule is Cc1csc(NC(=O)c2nc3ccccc3nc2Cl)n1. The molecule has 3 rings (SSSR count). The predicted molar refractivity (Wildman–Crippen MR) is 79.4 cm³/mol. The molecular weight excluding hydrogens is 296 g/mol. The number of amides is 1. The monoisotopic (exact) mass is 304 g/mol. The number of carbonyl (C=O) groups excluding carboxylic acids is 1. The number of aryl methyl sites for hydroxylation is 1. The summed E-state index contributed by atoms with van der Waals surface area (Å²) in [5, 5.41) is 5.11. The number of hydrogen-bond acceptors (Lipinski definition) is 5. The second-order valence-corrected chi connectivity index (χ2v) is 5.32. The lowest BCUT2D eigenvalue weighted by Gasteiger charge is -2.04. The molecule has 0 spiro atoms. The van der Waals surface area contributed by atoms with Gasteiger partial charge in [0.05, 0.1) is 16.7 Å². The molecule has 20 heavy (non-hydrogen) atoms. The minimum Gasteiger partial charge on any atom is -0.296 e. The minimum atomic E-state index is -0.414. The number of thiazole rings is 1. The van der Waals surface area contributed by atoms with Crippen molar-refractivity contribution in [2.45, 2.75) is 6.92 Å². The van der Waals surface area contributed by atoms with Gasteiger partial charge in [0.1, 0.15) is 0 Å². The van der Waals surface area contributed by atoms with E-state index in [1.807, 2.05) is 24.4 Å². The van der Waals surface area contributed by atoms with E-state index in [-0.39, 0.29) is 10.8 Å². The Morgan fingerprint density at radius 1 is 1.20 bits per heavy atom. The van der Waals surface area contributed by atoms with Gasteiger partial charge in [0.15, 0.2) is 16.0 Å². The molecule has 2 heterocycles. The van der Waals surface area contributed by atoms with Crippen molar-refractivity contribution < 1.29 is 4.79 Å². The molecule has 0 fully saturated rings. The van der Waals surface area contributed by atoms with E-state index in [0.717, 1.165) is 5.69 Å². The summed E-state index contributed by atoms with van der Waals surface area (Å²) < 4.78 is 0. The zero-order chi connectivity index (χ0) is 14.1. The minimum absolute atomic E-state index is 0.0782. The zero-order valence-electron chi connectivity index (χ0n) is 10.4. The summed E-state index contributed by atoms with van der Waals surface area (Å²) in [6.07, 6.45) is 0. The summed E-state index contributed by atoms with van der Waals surface area (Å²) in [5.74, 6) is -0.414. The normalized spacial score (nSPS) is 10.7. The number of benzene rings is 1. The largest absolute Gasteiger partial charge is 0.296 e. The summed E-state index contributed by atoms with van der Waals surface area (Å²) in [6.45, 7) is 1.86. The third kappa shape index (κ3) is 2.48. The highest BCUT2D eigenvalue weighted by atomic mass is 35.5. The first-order valence-electron chi connectivity index (χ1n) is 5.79. The fourth-order valence-corrected chi connectivity index (χ4v) is 2.59. The van der Waals surface area contributed by atoms with E-state index in [0.29, 0.717) is 16.2 Å². The molecule has 2 aromatic heterocycles. The highest BCUT2D eigenvalue weighted by molar-refractivity contribution is 7.13. The Labute approximate surface area is 123 Å². The molecule has 1 aromatic carbocycles. The van der Waals surface area contributed by atoms with Crippen LogP contribution in [0.2, 0.25) is 5.15 Å². The molecule has 3 aromatic rings. The number of para-hydroxylation sites is 2. The molecule has 7 heteroatoms. The van der Waals surface area contributed by atoms with Crippen LogP contribution in [0, 0.1) is 6.92 Å². The Balaban J connectivity index is 1.96. The highest BCUT2D eigenvalue weighted by Gasteiger charge is 2.16. The number of fused-ring (bicyclic) bond motifs is 1. The summed E-state index contributed by atoms with van der Waals surface area (Å²) in [5.41, 5.74) is 2.22. The third-order valence-corrected chi connectivity index (χ3v) is 3.72. The lowest BCUT2D eigenvalue weighted by Crippen LogP contribution is -2.15. The predicted octanol–water partition coefficient (Wildman–Crippen LogP) is 3.30. The van der Waals surface area contributed by atoms with Gasteiger partial charge in [-0.3, -0.25) is 10.1 Å². The van der Waals surface area contributed by atoms with Gasteiger partial charge in [0.25, 0.3) is 5.91 Å². The number of nitrogens with zero attached hydrogens (tertiary/aromatic N) is 3. The van der Waals surface area contributed by atoms with Gasteiger partial charge < -0.3 is 0 Å². The second-order valence-electron chi connectivity index (χ2n) is 4.10. The van der Waals surface area contributed by atoms with E-state index in [9.17, 15) is 4.79 Å². The molecule has 100 valence electrons. The van der Waals surface area contributed by atoms with Crippen molar-refractivity contribution in [1.82, 2.24) is 15.0 Å². The Kier molecular flexibility index (Phi) is 3.33. The molecule has 0 aliphatic heterocycles. The van der Waals surface area contributed by atoms with Crippen LogP contribution in [0.3, 0.4) is 0 Å². The van der Waals surface area contributed by atoms with Crippen LogP contribution < -0.4 is 5.32 Å². The first-order valence-corrected chi connectivity index (χ1v) is 7.05. The maximum Gasteiger partial charge on any atom is 0.279 e. The molecule has 0 saturated heterocycles. The lowest BCUT2D eigenvalue weighted by molar-refractivity contribution is 0.102. The molecule has 1 amide bonds. The van der Waals surface area contributed by atoms with Crippen LogP contribution in [0.25, 0.3) is 11.0 Å². The molecule has 5 nitrogen and oxygen atoms in total. The standard InChI is InChI=1S/C13H9ClN4OS/c1-7-6-20-13(15-7)18-12(19)10-11(14)17-9-5-3-2-4-8(9)16-10/h2-6H,1H3,(H,15,18,19). The van der Waals surface area contributed by atoms with Gasteiger partial charge in [0.2, 0.25) is 0 Å². The van der Waals surface area contributed by atoms with Crippen LogP contribution in [0.5, 0.6) is 0 Å². The van der Waals surface area contributed by atoms with Crippen LogP contribution in [0.1, 0.15) is 16.2 Å². The summed E-state index contributed by atoms with van der Waals surface area (Å²) in [4.78, 5) is 24.7. The van der Waals surface area contributed by atoms with Crippen molar-refractivity contribution in [3.63, 3.8) is 0 Å². The van der Waals surface area contributed by atoms with E-state index >= 15 is 0 Å². The van der Waals surface area contributed by atoms with Gasteiger partial charge in [-0.15, -0.1) is 11.3 Å². The van der Waals surface area contributed by atoms with Gasteiger partial charge in [0, 0.05) is 5.38 Å². The molecule has 0 unspecified atom stereocenters. The number of aromatic nitrogens is 3. The van der Waals surface area contributed by atoms with Crippen LogP contribution in [0.4, 0.5) is 5.13 Å². The fraction of sp³-hybridized carbons (Fsp3) is 0.0769. The van der Waals surface area contributed by atoms with Crippen LogP contribution >= 0.6 is 22.9 Å². The van der Waals surface area contributed by atoms with Crippen molar-refractivity contribution in [3.8, 4) is 0 Å².